The molecule has 0 aliphatic carbocycles. The third-order valence-electron chi connectivity index (χ3n) is 5.35. The van der Waals surface area contributed by atoms with Gasteiger partial charge in [-0.1, -0.05) is 26.0 Å². The first-order valence-corrected chi connectivity index (χ1v) is 10.5. The number of amides is 1. The lowest BCUT2D eigenvalue weighted by molar-refractivity contribution is -0.137. The second-order valence-corrected chi connectivity index (χ2v) is 7.72. The lowest BCUT2D eigenvalue weighted by Crippen LogP contribution is -2.33. The van der Waals surface area contributed by atoms with Crippen LogP contribution in [0.1, 0.15) is 48.2 Å². The summed E-state index contributed by atoms with van der Waals surface area (Å²) in [6.07, 6.45) is 0.862. The van der Waals surface area contributed by atoms with E-state index in [0.29, 0.717) is 23.4 Å². The number of imidazole rings is 1. The highest BCUT2D eigenvalue weighted by molar-refractivity contribution is 5.97. The molecule has 8 heteroatoms. The standard InChI is InChI=1S/C24H27F3N4O/c1-4-19(5-2)30-23(32)17-8-11-21(20(12-17)22-14-31(3)15-29-22)28-13-16-6-9-18(10-7-16)24(25,26)27/h6-12,14-15,19,28H,4-5,13H2,1-3H3,(H,30,32). The van der Waals surface area contributed by atoms with E-state index in [4.69, 9.17) is 0 Å². The van der Waals surface area contributed by atoms with Crippen molar-refractivity contribution in [1.29, 1.82) is 0 Å². The number of anilines is 1. The van der Waals surface area contributed by atoms with Crippen molar-refractivity contribution in [1.82, 2.24) is 14.9 Å². The van der Waals surface area contributed by atoms with Crippen molar-refractivity contribution >= 4 is 11.6 Å². The van der Waals surface area contributed by atoms with Crippen molar-refractivity contribution in [2.75, 3.05) is 5.32 Å². The predicted octanol–water partition coefficient (Wildman–Crippen LogP) is 5.64. The van der Waals surface area contributed by atoms with Crippen LogP contribution in [-0.4, -0.2) is 21.5 Å². The van der Waals surface area contributed by atoms with Gasteiger partial charge in [-0.3, -0.25) is 4.79 Å². The topological polar surface area (TPSA) is 59.0 Å². The molecule has 3 aromatic rings. The van der Waals surface area contributed by atoms with E-state index in [1.807, 2.05) is 31.7 Å². The van der Waals surface area contributed by atoms with Crippen LogP contribution >= 0.6 is 0 Å². The Balaban J connectivity index is 1.84. The maximum Gasteiger partial charge on any atom is 0.416 e. The number of rotatable bonds is 8. The van der Waals surface area contributed by atoms with Crippen LogP contribution in [0.2, 0.25) is 0 Å². The molecule has 0 saturated carbocycles. The van der Waals surface area contributed by atoms with Crippen LogP contribution in [0.15, 0.2) is 55.0 Å². The van der Waals surface area contributed by atoms with Gasteiger partial charge in [-0.25, -0.2) is 4.98 Å². The fourth-order valence-corrected chi connectivity index (χ4v) is 3.37. The minimum absolute atomic E-state index is 0.110. The van der Waals surface area contributed by atoms with Crippen molar-refractivity contribution in [2.24, 2.45) is 7.05 Å². The molecule has 3 rings (SSSR count). The molecule has 0 bridgehead atoms. The number of halogens is 3. The van der Waals surface area contributed by atoms with E-state index in [-0.39, 0.29) is 11.9 Å². The molecule has 5 nitrogen and oxygen atoms in total. The van der Waals surface area contributed by atoms with Gasteiger partial charge >= 0.3 is 6.18 Å². The second-order valence-electron chi connectivity index (χ2n) is 7.72. The number of aryl methyl sites for hydroxylation is 1. The molecule has 0 saturated heterocycles. The normalized spacial score (nSPS) is 11.6. The quantitative estimate of drug-likeness (QED) is 0.473. The average molecular weight is 445 g/mol. The monoisotopic (exact) mass is 444 g/mol. The summed E-state index contributed by atoms with van der Waals surface area (Å²) in [6.45, 7) is 4.39. The molecule has 0 aliphatic rings. The van der Waals surface area contributed by atoms with Gasteiger partial charge in [-0.2, -0.15) is 13.2 Å². The molecular formula is C24H27F3N4O. The van der Waals surface area contributed by atoms with Crippen molar-refractivity contribution in [2.45, 2.75) is 45.5 Å². The summed E-state index contributed by atoms with van der Waals surface area (Å²) in [6, 6.07) is 10.5. The number of alkyl halides is 3. The third kappa shape index (κ3) is 5.69. The summed E-state index contributed by atoms with van der Waals surface area (Å²) in [4.78, 5) is 17.1. The van der Waals surface area contributed by atoms with Crippen LogP contribution < -0.4 is 10.6 Å². The van der Waals surface area contributed by atoms with E-state index >= 15 is 0 Å². The Morgan fingerprint density at radius 2 is 1.78 bits per heavy atom. The number of nitrogens with zero attached hydrogens (tertiary/aromatic N) is 2. The minimum atomic E-state index is -4.36. The summed E-state index contributed by atoms with van der Waals surface area (Å²) >= 11 is 0. The van der Waals surface area contributed by atoms with E-state index in [2.05, 4.69) is 15.6 Å². The maximum atomic E-state index is 12.8. The zero-order valence-corrected chi connectivity index (χ0v) is 18.3. The lowest BCUT2D eigenvalue weighted by atomic mass is 10.0. The molecule has 1 aromatic heterocycles. The molecule has 0 spiro atoms. The van der Waals surface area contributed by atoms with Gasteiger partial charge < -0.3 is 15.2 Å². The van der Waals surface area contributed by atoms with Gasteiger partial charge in [-0.15, -0.1) is 0 Å². The molecule has 0 aliphatic heterocycles. The van der Waals surface area contributed by atoms with Crippen molar-refractivity contribution in [3.8, 4) is 11.3 Å². The van der Waals surface area contributed by atoms with Crippen LogP contribution in [0.3, 0.4) is 0 Å². The molecule has 1 amide bonds. The molecule has 0 unspecified atom stereocenters. The third-order valence-corrected chi connectivity index (χ3v) is 5.35. The smallest absolute Gasteiger partial charge is 0.380 e. The number of nitrogens with one attached hydrogen (secondary N) is 2. The Bertz CT molecular complexity index is 1050. The van der Waals surface area contributed by atoms with Gasteiger partial charge in [0.1, 0.15) is 0 Å². The number of aromatic nitrogens is 2. The molecular weight excluding hydrogens is 417 g/mol. The van der Waals surface area contributed by atoms with Crippen LogP contribution in [0.5, 0.6) is 0 Å². The highest BCUT2D eigenvalue weighted by atomic mass is 19.4. The van der Waals surface area contributed by atoms with Crippen molar-refractivity contribution in [3.63, 3.8) is 0 Å². The van der Waals surface area contributed by atoms with E-state index in [1.165, 1.54) is 12.1 Å². The number of carbonyl (C=O) groups excluding carboxylic acids is 1. The van der Waals surface area contributed by atoms with Gasteiger partial charge in [0.25, 0.3) is 5.91 Å². The molecule has 0 radical (unpaired) electrons. The van der Waals surface area contributed by atoms with E-state index in [1.54, 1.807) is 24.5 Å². The highest BCUT2D eigenvalue weighted by Gasteiger charge is 2.29. The minimum Gasteiger partial charge on any atom is -0.380 e. The number of benzene rings is 2. The molecule has 32 heavy (non-hydrogen) atoms. The SMILES string of the molecule is CCC(CC)NC(=O)c1ccc(NCc2ccc(C(F)(F)F)cc2)c(-c2cn(C)cn2)c1. The number of carbonyl (C=O) groups is 1. The Kier molecular flexibility index (Phi) is 7.22. The maximum absolute atomic E-state index is 12.8. The molecule has 2 aromatic carbocycles. The van der Waals surface area contributed by atoms with Crippen LogP contribution in [0.25, 0.3) is 11.3 Å². The van der Waals surface area contributed by atoms with Crippen LogP contribution in [0.4, 0.5) is 18.9 Å². The molecule has 170 valence electrons. The van der Waals surface area contributed by atoms with Gasteiger partial charge in [0.15, 0.2) is 0 Å². The molecule has 0 fully saturated rings. The number of hydrogen-bond acceptors (Lipinski definition) is 3. The molecule has 0 atom stereocenters. The van der Waals surface area contributed by atoms with Gasteiger partial charge in [-0.05, 0) is 48.7 Å². The second kappa shape index (κ2) is 9.89. The lowest BCUT2D eigenvalue weighted by Gasteiger charge is -2.16. The first-order chi connectivity index (χ1) is 15.2. The highest BCUT2D eigenvalue weighted by Crippen LogP contribution is 2.30. The van der Waals surface area contributed by atoms with Crippen LogP contribution in [-0.2, 0) is 19.8 Å². The summed E-state index contributed by atoms with van der Waals surface area (Å²) in [5.74, 6) is -0.148. The van der Waals surface area contributed by atoms with Gasteiger partial charge in [0.2, 0.25) is 0 Å². The fraction of sp³-hybridized carbons (Fsp3) is 0.333. The summed E-state index contributed by atoms with van der Waals surface area (Å²) in [7, 11) is 1.86. The Labute approximate surface area is 185 Å². The van der Waals surface area contributed by atoms with Gasteiger partial charge in [0.05, 0.1) is 17.6 Å². The predicted molar refractivity (Wildman–Crippen MR) is 119 cm³/mol. The molecule has 1 heterocycles. The average Bonchev–Trinajstić information content (AvgIpc) is 3.21. The molecule has 2 N–H and O–H groups in total. The van der Waals surface area contributed by atoms with E-state index < -0.39 is 11.7 Å². The fourth-order valence-electron chi connectivity index (χ4n) is 3.37. The van der Waals surface area contributed by atoms with Crippen molar-refractivity contribution < 1.29 is 18.0 Å². The zero-order chi connectivity index (χ0) is 23.3. The summed E-state index contributed by atoms with van der Waals surface area (Å²) < 4.78 is 40.2. The van der Waals surface area contributed by atoms with Crippen LogP contribution in [0, 0.1) is 0 Å². The number of hydrogen-bond donors (Lipinski definition) is 2. The zero-order valence-electron chi connectivity index (χ0n) is 18.3. The Morgan fingerprint density at radius 3 is 2.34 bits per heavy atom. The summed E-state index contributed by atoms with van der Waals surface area (Å²) in [5, 5.41) is 6.30. The largest absolute Gasteiger partial charge is 0.416 e. The first kappa shape index (κ1) is 23.4. The van der Waals surface area contributed by atoms with E-state index in [9.17, 15) is 18.0 Å². The summed E-state index contributed by atoms with van der Waals surface area (Å²) in [5.41, 5.74) is 2.73. The Hall–Kier alpha value is -3.29. The Morgan fingerprint density at radius 1 is 1.09 bits per heavy atom. The van der Waals surface area contributed by atoms with Crippen molar-refractivity contribution in [3.05, 3.63) is 71.7 Å². The first-order valence-electron chi connectivity index (χ1n) is 10.5. The van der Waals surface area contributed by atoms with Gasteiger partial charge in [0, 0.05) is 42.6 Å². The van der Waals surface area contributed by atoms with E-state index in [0.717, 1.165) is 36.2 Å².